The van der Waals surface area contributed by atoms with Gasteiger partial charge >= 0.3 is 5.97 Å². The first-order valence-electron chi connectivity index (χ1n) is 8.66. The second kappa shape index (κ2) is 7.40. The molecule has 1 N–H and O–H groups in total. The number of amides is 1. The number of aromatic nitrogens is 2. The molecule has 28 heavy (non-hydrogen) atoms. The third kappa shape index (κ3) is 3.50. The lowest BCUT2D eigenvalue weighted by Gasteiger charge is -2.09. The summed E-state index contributed by atoms with van der Waals surface area (Å²) in [7, 11) is 0. The molecule has 0 saturated heterocycles. The van der Waals surface area contributed by atoms with E-state index in [4.69, 9.17) is 9.15 Å². The topological polar surface area (TPSA) is 85.8 Å². The minimum absolute atomic E-state index is 0.0282. The van der Waals surface area contributed by atoms with Crippen LogP contribution in [0.1, 0.15) is 32.2 Å². The van der Waals surface area contributed by atoms with Gasteiger partial charge in [-0.2, -0.15) is 0 Å². The van der Waals surface area contributed by atoms with E-state index >= 15 is 0 Å². The van der Waals surface area contributed by atoms with E-state index in [0.717, 1.165) is 11.2 Å². The number of fused-ring (bicyclic) bond motifs is 1. The zero-order valence-corrected chi connectivity index (χ0v) is 15.1. The molecule has 4 rings (SSSR count). The minimum atomic E-state index is -0.552. The molecule has 3 aromatic heterocycles. The molecule has 0 saturated carbocycles. The number of nitrogens with zero attached hydrogens (tertiary/aromatic N) is 2. The number of anilines is 1. The fraction of sp³-hybridized carbons (Fsp3) is 0.0952. The number of furan rings is 1. The van der Waals surface area contributed by atoms with E-state index < -0.39 is 11.9 Å². The Kier molecular flexibility index (Phi) is 4.63. The average molecular weight is 375 g/mol. The number of ether oxygens (including phenoxy) is 1. The van der Waals surface area contributed by atoms with Crippen LogP contribution in [-0.2, 0) is 11.3 Å². The van der Waals surface area contributed by atoms with Crippen LogP contribution in [-0.4, -0.2) is 21.3 Å². The molecule has 3 heterocycles. The summed E-state index contributed by atoms with van der Waals surface area (Å²) < 4.78 is 12.4. The summed E-state index contributed by atoms with van der Waals surface area (Å²) in [4.78, 5) is 29.2. The number of pyridine rings is 1. The third-order valence-electron chi connectivity index (χ3n) is 4.22. The first-order chi connectivity index (χ1) is 13.6. The maximum absolute atomic E-state index is 12.6. The molecule has 0 aliphatic heterocycles. The van der Waals surface area contributed by atoms with Crippen LogP contribution in [0.15, 0.2) is 71.6 Å². The van der Waals surface area contributed by atoms with E-state index in [1.807, 2.05) is 35.9 Å². The van der Waals surface area contributed by atoms with E-state index in [1.165, 1.54) is 6.26 Å². The third-order valence-corrected chi connectivity index (χ3v) is 4.22. The van der Waals surface area contributed by atoms with Gasteiger partial charge in [0, 0.05) is 12.4 Å². The Bertz CT molecular complexity index is 1150. The smallest absolute Gasteiger partial charge is 0.340 e. The predicted molar refractivity (Wildman–Crippen MR) is 102 cm³/mol. The van der Waals surface area contributed by atoms with Gasteiger partial charge in [0.05, 0.1) is 23.2 Å². The molecule has 1 amide bonds. The van der Waals surface area contributed by atoms with Crippen molar-refractivity contribution in [3.05, 3.63) is 89.8 Å². The van der Waals surface area contributed by atoms with E-state index in [0.29, 0.717) is 11.4 Å². The van der Waals surface area contributed by atoms with Crippen LogP contribution >= 0.6 is 0 Å². The van der Waals surface area contributed by atoms with Gasteiger partial charge in [0.25, 0.3) is 5.91 Å². The Labute approximate surface area is 160 Å². The first kappa shape index (κ1) is 17.5. The number of rotatable bonds is 5. The van der Waals surface area contributed by atoms with Crippen LogP contribution in [0.5, 0.6) is 0 Å². The molecule has 0 unspecified atom stereocenters. The van der Waals surface area contributed by atoms with Crippen molar-refractivity contribution in [1.29, 1.82) is 0 Å². The number of hydrogen-bond donors (Lipinski definition) is 1. The zero-order valence-electron chi connectivity index (χ0n) is 15.1. The lowest BCUT2D eigenvalue weighted by atomic mass is 10.1. The fourth-order valence-corrected chi connectivity index (χ4v) is 2.85. The second-order valence-electron chi connectivity index (χ2n) is 6.21. The van der Waals surface area contributed by atoms with Gasteiger partial charge in [-0.3, -0.25) is 4.79 Å². The molecule has 0 aliphatic carbocycles. The number of imidazole rings is 1. The Morgan fingerprint density at radius 2 is 2.00 bits per heavy atom. The number of carbonyl (C=O) groups is 2. The summed E-state index contributed by atoms with van der Waals surface area (Å²) in [6.07, 6.45) is 5.12. The van der Waals surface area contributed by atoms with Crippen molar-refractivity contribution in [3.8, 4) is 0 Å². The van der Waals surface area contributed by atoms with Crippen LogP contribution in [0.25, 0.3) is 5.65 Å². The molecular weight excluding hydrogens is 358 g/mol. The maximum Gasteiger partial charge on any atom is 0.340 e. The van der Waals surface area contributed by atoms with Crippen LogP contribution in [0.4, 0.5) is 5.69 Å². The summed E-state index contributed by atoms with van der Waals surface area (Å²) in [5.41, 5.74) is 3.09. The monoisotopic (exact) mass is 375 g/mol. The van der Waals surface area contributed by atoms with E-state index in [1.54, 1.807) is 36.4 Å². The molecule has 0 bridgehead atoms. The highest BCUT2D eigenvalue weighted by Gasteiger charge is 2.17. The SMILES string of the molecule is Cc1cccn2cc(COC(=O)c3ccccc3NC(=O)c3ccco3)nc12. The fourth-order valence-electron chi connectivity index (χ4n) is 2.85. The zero-order chi connectivity index (χ0) is 19.5. The number of esters is 1. The molecule has 4 aromatic rings. The van der Waals surface area contributed by atoms with Crippen molar-refractivity contribution in [3.63, 3.8) is 0 Å². The molecule has 0 fully saturated rings. The van der Waals surface area contributed by atoms with Crippen LogP contribution in [0.2, 0.25) is 0 Å². The van der Waals surface area contributed by atoms with Gasteiger partial charge in [0.2, 0.25) is 0 Å². The lowest BCUT2D eigenvalue weighted by molar-refractivity contribution is 0.0469. The summed E-state index contributed by atoms with van der Waals surface area (Å²) in [5, 5.41) is 2.67. The molecule has 140 valence electrons. The normalized spacial score (nSPS) is 10.8. The van der Waals surface area contributed by atoms with Gasteiger partial charge in [-0.25, -0.2) is 9.78 Å². The second-order valence-corrected chi connectivity index (χ2v) is 6.21. The van der Waals surface area contributed by atoms with Gasteiger partial charge in [-0.15, -0.1) is 0 Å². The average Bonchev–Trinajstić information content (AvgIpc) is 3.37. The van der Waals surface area contributed by atoms with Crippen LogP contribution in [0.3, 0.4) is 0 Å². The van der Waals surface area contributed by atoms with Gasteiger partial charge in [0.15, 0.2) is 5.76 Å². The van der Waals surface area contributed by atoms with Crippen LogP contribution in [0, 0.1) is 6.92 Å². The predicted octanol–water partition coefficient (Wildman–Crippen LogP) is 3.85. The Balaban J connectivity index is 1.48. The van der Waals surface area contributed by atoms with E-state index in [-0.39, 0.29) is 17.9 Å². The van der Waals surface area contributed by atoms with E-state index in [2.05, 4.69) is 10.3 Å². The van der Waals surface area contributed by atoms with Gasteiger partial charge < -0.3 is 18.9 Å². The Hall–Kier alpha value is -3.87. The van der Waals surface area contributed by atoms with Gasteiger partial charge in [-0.05, 0) is 42.8 Å². The largest absolute Gasteiger partial charge is 0.459 e. The Morgan fingerprint density at radius 1 is 1.14 bits per heavy atom. The number of hydrogen-bond acceptors (Lipinski definition) is 5. The number of benzene rings is 1. The Morgan fingerprint density at radius 3 is 2.79 bits per heavy atom. The highest BCUT2D eigenvalue weighted by atomic mass is 16.5. The molecule has 0 atom stereocenters. The molecule has 7 heteroatoms. The molecule has 1 aromatic carbocycles. The van der Waals surface area contributed by atoms with Crippen molar-refractivity contribution >= 4 is 23.2 Å². The standard InChI is InChI=1S/C21H17N3O4/c1-14-6-4-10-24-12-15(22-19(14)24)13-28-21(26)16-7-2-3-8-17(16)23-20(25)18-9-5-11-27-18/h2-12H,13H2,1H3,(H,23,25). The molecule has 0 radical (unpaired) electrons. The summed E-state index contributed by atoms with van der Waals surface area (Å²) >= 11 is 0. The molecule has 0 spiro atoms. The van der Waals surface area contributed by atoms with Gasteiger partial charge in [-0.1, -0.05) is 18.2 Å². The van der Waals surface area contributed by atoms with Crippen molar-refractivity contribution in [2.24, 2.45) is 0 Å². The van der Waals surface area contributed by atoms with Crippen molar-refractivity contribution in [2.75, 3.05) is 5.32 Å². The molecule has 7 nitrogen and oxygen atoms in total. The minimum Gasteiger partial charge on any atom is -0.459 e. The summed E-state index contributed by atoms with van der Waals surface area (Å²) in [5.74, 6) is -0.839. The maximum atomic E-state index is 12.6. The highest BCUT2D eigenvalue weighted by Crippen LogP contribution is 2.19. The number of carbonyl (C=O) groups excluding carboxylic acids is 2. The summed E-state index contributed by atoms with van der Waals surface area (Å²) in [6, 6.07) is 13.7. The highest BCUT2D eigenvalue weighted by molar-refractivity contribution is 6.06. The lowest BCUT2D eigenvalue weighted by Crippen LogP contribution is -2.15. The van der Waals surface area contributed by atoms with Crippen LogP contribution < -0.4 is 5.32 Å². The number of para-hydroxylation sites is 1. The summed E-state index contributed by atoms with van der Waals surface area (Å²) in [6.45, 7) is 2.00. The quantitative estimate of drug-likeness (QED) is 0.536. The van der Waals surface area contributed by atoms with Crippen molar-refractivity contribution in [2.45, 2.75) is 13.5 Å². The number of aryl methyl sites for hydroxylation is 1. The number of nitrogens with one attached hydrogen (secondary N) is 1. The van der Waals surface area contributed by atoms with Gasteiger partial charge in [0.1, 0.15) is 12.3 Å². The van der Waals surface area contributed by atoms with Crippen molar-refractivity contribution < 1.29 is 18.7 Å². The molecular formula is C21H17N3O4. The molecule has 0 aliphatic rings. The van der Waals surface area contributed by atoms with E-state index in [9.17, 15) is 9.59 Å². The van der Waals surface area contributed by atoms with Crippen molar-refractivity contribution in [1.82, 2.24) is 9.38 Å². The first-order valence-corrected chi connectivity index (χ1v) is 8.66.